The van der Waals surface area contributed by atoms with Gasteiger partial charge in [0.05, 0.1) is 11.1 Å². The summed E-state index contributed by atoms with van der Waals surface area (Å²) in [6, 6.07) is 9.22. The predicted octanol–water partition coefficient (Wildman–Crippen LogP) is 1.85. The first-order valence-corrected chi connectivity index (χ1v) is 3.41. The molecule has 0 radical (unpaired) electrons. The van der Waals surface area contributed by atoms with Crippen molar-refractivity contribution in [3.8, 4) is 0 Å². The van der Waals surface area contributed by atoms with Crippen molar-refractivity contribution in [1.82, 2.24) is 0 Å². The predicted molar refractivity (Wildman–Crippen MR) is 46.2 cm³/mol. The molecule has 0 saturated carbocycles. The topological polar surface area (TPSA) is 55.2 Å². The zero-order valence-corrected chi connectivity index (χ0v) is 6.31. The van der Waals surface area contributed by atoms with E-state index in [2.05, 4.69) is 5.32 Å². The molecule has 0 atom stereocenters. The van der Waals surface area contributed by atoms with Crippen molar-refractivity contribution in [2.75, 3.05) is 5.32 Å². The monoisotopic (exact) mass is 164 g/mol. The minimum atomic E-state index is -0.518. The first-order valence-electron chi connectivity index (χ1n) is 3.41. The van der Waals surface area contributed by atoms with Gasteiger partial charge < -0.3 is 5.32 Å². The minimum absolute atomic E-state index is 0.518. The Morgan fingerprint density at radius 1 is 1.33 bits per heavy atom. The molecule has 4 heteroatoms. The molecule has 1 aromatic carbocycles. The quantitative estimate of drug-likeness (QED) is 0.547. The average Bonchev–Trinajstić information content (AvgIpc) is 2.05. The Morgan fingerprint density at radius 3 is 2.58 bits per heavy atom. The smallest absolute Gasteiger partial charge is 0.250 e. The van der Waals surface area contributed by atoms with Crippen molar-refractivity contribution in [2.24, 2.45) is 0 Å². The van der Waals surface area contributed by atoms with Crippen LogP contribution in [0, 0.1) is 10.1 Å². The maximum atomic E-state index is 9.87. The van der Waals surface area contributed by atoms with Gasteiger partial charge in [0.2, 0.25) is 6.20 Å². The van der Waals surface area contributed by atoms with E-state index >= 15 is 0 Å². The Labute approximate surface area is 69.7 Å². The molecular formula is C8H8N2O2. The van der Waals surface area contributed by atoms with E-state index < -0.39 is 4.92 Å². The molecule has 1 aromatic rings. The number of nitro groups is 1. The van der Waals surface area contributed by atoms with Gasteiger partial charge >= 0.3 is 0 Å². The molecular weight excluding hydrogens is 156 g/mol. The number of anilines is 1. The van der Waals surface area contributed by atoms with Gasteiger partial charge in [-0.1, -0.05) is 18.2 Å². The van der Waals surface area contributed by atoms with Crippen LogP contribution in [-0.4, -0.2) is 4.92 Å². The Morgan fingerprint density at radius 2 is 2.00 bits per heavy atom. The number of para-hydroxylation sites is 1. The average molecular weight is 164 g/mol. The van der Waals surface area contributed by atoms with E-state index in [0.717, 1.165) is 11.9 Å². The third-order valence-corrected chi connectivity index (χ3v) is 1.22. The molecule has 0 heterocycles. The van der Waals surface area contributed by atoms with Gasteiger partial charge in [0.1, 0.15) is 0 Å². The fourth-order valence-electron chi connectivity index (χ4n) is 0.729. The Kier molecular flexibility index (Phi) is 2.84. The van der Waals surface area contributed by atoms with Crippen LogP contribution in [-0.2, 0) is 0 Å². The highest BCUT2D eigenvalue weighted by atomic mass is 16.6. The molecule has 1 N–H and O–H groups in total. The zero-order valence-electron chi connectivity index (χ0n) is 6.31. The highest BCUT2D eigenvalue weighted by molar-refractivity contribution is 5.44. The Hall–Kier alpha value is -1.84. The van der Waals surface area contributed by atoms with Crippen molar-refractivity contribution < 1.29 is 4.92 Å². The van der Waals surface area contributed by atoms with Crippen molar-refractivity contribution in [3.63, 3.8) is 0 Å². The van der Waals surface area contributed by atoms with Gasteiger partial charge in [0.15, 0.2) is 0 Å². The van der Waals surface area contributed by atoms with Gasteiger partial charge in [-0.2, -0.15) is 0 Å². The molecule has 0 fully saturated rings. The van der Waals surface area contributed by atoms with Crippen molar-refractivity contribution >= 4 is 5.69 Å². The molecule has 0 unspecified atom stereocenters. The first kappa shape index (κ1) is 8.26. The molecule has 0 aliphatic heterocycles. The van der Waals surface area contributed by atoms with E-state index in [9.17, 15) is 10.1 Å². The third kappa shape index (κ3) is 2.83. The molecule has 62 valence electrons. The molecule has 0 saturated heterocycles. The molecule has 12 heavy (non-hydrogen) atoms. The second-order valence-electron chi connectivity index (χ2n) is 2.11. The van der Waals surface area contributed by atoms with Crippen LogP contribution in [0.25, 0.3) is 0 Å². The second-order valence-corrected chi connectivity index (χ2v) is 2.11. The summed E-state index contributed by atoms with van der Waals surface area (Å²) in [7, 11) is 0. The van der Waals surface area contributed by atoms with E-state index in [4.69, 9.17) is 0 Å². The van der Waals surface area contributed by atoms with E-state index in [1.807, 2.05) is 30.3 Å². The third-order valence-electron chi connectivity index (χ3n) is 1.22. The summed E-state index contributed by atoms with van der Waals surface area (Å²) in [4.78, 5) is 9.35. The zero-order chi connectivity index (χ0) is 8.81. The van der Waals surface area contributed by atoms with Gasteiger partial charge in [-0.3, -0.25) is 10.1 Å². The molecule has 0 aliphatic carbocycles. The number of nitrogens with zero attached hydrogens (tertiary/aromatic N) is 1. The lowest BCUT2D eigenvalue weighted by Gasteiger charge is -1.95. The van der Waals surface area contributed by atoms with Crippen LogP contribution in [0.1, 0.15) is 0 Å². The van der Waals surface area contributed by atoms with Crippen LogP contribution in [0.4, 0.5) is 5.69 Å². The van der Waals surface area contributed by atoms with Crippen molar-refractivity contribution in [3.05, 3.63) is 52.8 Å². The molecule has 4 nitrogen and oxygen atoms in total. The van der Waals surface area contributed by atoms with Gasteiger partial charge in [-0.15, -0.1) is 0 Å². The van der Waals surface area contributed by atoms with E-state index in [-0.39, 0.29) is 0 Å². The van der Waals surface area contributed by atoms with Gasteiger partial charge in [-0.05, 0) is 12.1 Å². The minimum Gasteiger partial charge on any atom is -0.356 e. The fourth-order valence-corrected chi connectivity index (χ4v) is 0.729. The van der Waals surface area contributed by atoms with E-state index in [1.165, 1.54) is 6.20 Å². The summed E-state index contributed by atoms with van der Waals surface area (Å²) >= 11 is 0. The lowest BCUT2D eigenvalue weighted by molar-refractivity contribution is -0.402. The summed E-state index contributed by atoms with van der Waals surface area (Å²) in [5, 5.41) is 12.6. The maximum Gasteiger partial charge on any atom is 0.250 e. The van der Waals surface area contributed by atoms with Crippen LogP contribution in [0.3, 0.4) is 0 Å². The van der Waals surface area contributed by atoms with Gasteiger partial charge in [-0.25, -0.2) is 0 Å². The highest BCUT2D eigenvalue weighted by Gasteiger charge is 1.85. The van der Waals surface area contributed by atoms with Crippen LogP contribution in [0.5, 0.6) is 0 Å². The Balaban J connectivity index is 2.49. The lowest BCUT2D eigenvalue weighted by atomic mass is 10.3. The SMILES string of the molecule is O=[N+]([O-])C=CNc1ccccc1. The standard InChI is InChI=1S/C8H8N2O2/c11-10(12)7-6-9-8-4-2-1-3-5-8/h1-7,9H. The summed E-state index contributed by atoms with van der Waals surface area (Å²) in [5.74, 6) is 0. The maximum absolute atomic E-state index is 9.87. The molecule has 0 spiro atoms. The number of rotatable bonds is 3. The van der Waals surface area contributed by atoms with E-state index in [0.29, 0.717) is 0 Å². The lowest BCUT2D eigenvalue weighted by Crippen LogP contribution is -1.89. The summed E-state index contributed by atoms with van der Waals surface area (Å²) in [5.41, 5.74) is 0.829. The van der Waals surface area contributed by atoms with Crippen LogP contribution in [0.2, 0.25) is 0 Å². The molecule has 1 rings (SSSR count). The number of nitrogens with one attached hydrogen (secondary N) is 1. The first-order chi connectivity index (χ1) is 5.79. The van der Waals surface area contributed by atoms with Crippen molar-refractivity contribution in [1.29, 1.82) is 0 Å². The molecule has 0 aromatic heterocycles. The van der Waals surface area contributed by atoms with Crippen molar-refractivity contribution in [2.45, 2.75) is 0 Å². The largest absolute Gasteiger partial charge is 0.356 e. The van der Waals surface area contributed by atoms with Crippen LogP contribution < -0.4 is 5.32 Å². The van der Waals surface area contributed by atoms with Crippen LogP contribution in [0.15, 0.2) is 42.7 Å². The van der Waals surface area contributed by atoms with Crippen LogP contribution >= 0.6 is 0 Å². The summed E-state index contributed by atoms with van der Waals surface area (Å²) in [6.07, 6.45) is 2.14. The second kappa shape index (κ2) is 4.12. The summed E-state index contributed by atoms with van der Waals surface area (Å²) < 4.78 is 0. The fraction of sp³-hybridized carbons (Fsp3) is 0. The number of hydrogen-bond acceptors (Lipinski definition) is 3. The van der Waals surface area contributed by atoms with E-state index in [1.54, 1.807) is 0 Å². The molecule has 0 amide bonds. The molecule has 0 aliphatic rings. The van der Waals surface area contributed by atoms with Gasteiger partial charge in [0.25, 0.3) is 0 Å². The number of hydrogen-bond donors (Lipinski definition) is 1. The number of benzene rings is 1. The normalized spacial score (nSPS) is 10.0. The Bertz CT molecular complexity index is 282. The molecule has 0 bridgehead atoms. The highest BCUT2D eigenvalue weighted by Crippen LogP contribution is 2.03. The van der Waals surface area contributed by atoms with Gasteiger partial charge in [0, 0.05) is 5.69 Å². The summed E-state index contributed by atoms with van der Waals surface area (Å²) in [6.45, 7) is 0.